The summed E-state index contributed by atoms with van der Waals surface area (Å²) in [5.74, 6) is 1.61. The van der Waals surface area contributed by atoms with Gasteiger partial charge in [0.05, 0.1) is 5.69 Å². The Hall–Kier alpha value is -1.43. The van der Waals surface area contributed by atoms with Gasteiger partial charge in [0.2, 0.25) is 0 Å². The molecule has 0 amide bonds. The lowest BCUT2D eigenvalue weighted by Gasteiger charge is -2.34. The summed E-state index contributed by atoms with van der Waals surface area (Å²) >= 11 is 0. The highest BCUT2D eigenvalue weighted by molar-refractivity contribution is 5.85. The van der Waals surface area contributed by atoms with Crippen molar-refractivity contribution in [2.75, 3.05) is 26.2 Å². The van der Waals surface area contributed by atoms with Crippen molar-refractivity contribution in [3.63, 3.8) is 0 Å². The molecule has 0 saturated carbocycles. The van der Waals surface area contributed by atoms with E-state index in [1.807, 2.05) is 18.2 Å². The predicted octanol–water partition coefficient (Wildman–Crippen LogP) is 1.16. The van der Waals surface area contributed by atoms with E-state index in [4.69, 9.17) is 0 Å². The molecule has 2 fully saturated rings. The zero-order chi connectivity index (χ0) is 14.2. The van der Waals surface area contributed by atoms with Gasteiger partial charge in [-0.3, -0.25) is 14.1 Å². The Morgan fingerprint density at radius 2 is 2.14 bits per heavy atom. The summed E-state index contributed by atoms with van der Waals surface area (Å²) in [6.07, 6.45) is 3.02. The molecule has 0 spiro atoms. The van der Waals surface area contributed by atoms with Crippen LogP contribution in [-0.4, -0.2) is 40.5 Å². The van der Waals surface area contributed by atoms with E-state index in [2.05, 4.69) is 15.2 Å². The fourth-order valence-corrected chi connectivity index (χ4v) is 3.67. The van der Waals surface area contributed by atoms with Crippen LogP contribution in [0.25, 0.3) is 5.65 Å². The number of hydrogen-bond acceptors (Lipinski definition) is 4. The lowest BCUT2D eigenvalue weighted by atomic mass is 9.89. The second-order valence-electron chi connectivity index (χ2n) is 6.22. The van der Waals surface area contributed by atoms with E-state index in [0.29, 0.717) is 0 Å². The van der Waals surface area contributed by atoms with Gasteiger partial charge in [-0.1, -0.05) is 6.07 Å². The third-order valence-electron chi connectivity index (χ3n) is 4.80. The molecular weight excluding hydrogens is 300 g/mol. The summed E-state index contributed by atoms with van der Waals surface area (Å²) in [5, 5.41) is 3.49. The molecule has 0 bridgehead atoms. The van der Waals surface area contributed by atoms with Gasteiger partial charge in [0.15, 0.2) is 0 Å². The molecule has 2 atom stereocenters. The van der Waals surface area contributed by atoms with Gasteiger partial charge < -0.3 is 5.32 Å². The number of likely N-dealkylation sites (tertiary alicyclic amines) is 1. The molecule has 118 valence electrons. The van der Waals surface area contributed by atoms with Gasteiger partial charge in [-0.2, -0.15) is 0 Å². The first-order valence-corrected chi connectivity index (χ1v) is 7.70. The first-order valence-electron chi connectivity index (χ1n) is 7.70. The Labute approximate surface area is 135 Å². The molecule has 2 unspecified atom stereocenters. The highest BCUT2D eigenvalue weighted by Crippen LogP contribution is 2.27. The number of aromatic nitrogens is 2. The summed E-state index contributed by atoms with van der Waals surface area (Å²) in [6, 6.07) is 7.33. The lowest BCUT2D eigenvalue weighted by molar-refractivity contribution is 0.141. The highest BCUT2D eigenvalue weighted by Gasteiger charge is 2.32. The van der Waals surface area contributed by atoms with Gasteiger partial charge in [-0.25, -0.2) is 4.98 Å². The number of nitrogens with one attached hydrogen (secondary N) is 1. The summed E-state index contributed by atoms with van der Waals surface area (Å²) in [6.45, 7) is 5.32. The monoisotopic (exact) mass is 320 g/mol. The maximum Gasteiger partial charge on any atom is 0.258 e. The third-order valence-corrected chi connectivity index (χ3v) is 4.80. The molecule has 0 aliphatic carbocycles. The third kappa shape index (κ3) is 2.89. The van der Waals surface area contributed by atoms with Gasteiger partial charge in [0, 0.05) is 25.4 Å². The van der Waals surface area contributed by atoms with Crippen LogP contribution >= 0.6 is 12.4 Å². The van der Waals surface area contributed by atoms with Crippen molar-refractivity contribution in [3.05, 3.63) is 46.5 Å². The fourth-order valence-electron chi connectivity index (χ4n) is 3.67. The molecule has 2 aliphatic heterocycles. The van der Waals surface area contributed by atoms with Gasteiger partial charge in [-0.15, -0.1) is 12.4 Å². The van der Waals surface area contributed by atoms with Gasteiger partial charge in [0.1, 0.15) is 5.65 Å². The van der Waals surface area contributed by atoms with E-state index in [-0.39, 0.29) is 18.0 Å². The average molecular weight is 321 g/mol. The van der Waals surface area contributed by atoms with Crippen LogP contribution in [0.1, 0.15) is 12.1 Å². The van der Waals surface area contributed by atoms with E-state index >= 15 is 0 Å². The molecule has 2 aliphatic rings. The molecular formula is C16H21ClN4O. The summed E-state index contributed by atoms with van der Waals surface area (Å²) in [4.78, 5) is 19.2. The Bertz CT molecular complexity index is 717. The van der Waals surface area contributed by atoms with Crippen molar-refractivity contribution >= 4 is 18.1 Å². The molecule has 22 heavy (non-hydrogen) atoms. The Kier molecular flexibility index (Phi) is 4.47. The van der Waals surface area contributed by atoms with Crippen molar-refractivity contribution in [1.29, 1.82) is 0 Å². The van der Waals surface area contributed by atoms with E-state index in [0.717, 1.165) is 49.4 Å². The van der Waals surface area contributed by atoms with E-state index in [1.165, 1.54) is 13.0 Å². The topological polar surface area (TPSA) is 49.6 Å². The smallest absolute Gasteiger partial charge is 0.258 e. The SMILES string of the molecule is Cl.O=c1cc(CN2CCC3CNCC3C2)nc2ccccn12. The second-order valence-corrected chi connectivity index (χ2v) is 6.22. The largest absolute Gasteiger partial charge is 0.316 e. The fraction of sp³-hybridized carbons (Fsp3) is 0.500. The number of fused-ring (bicyclic) bond motifs is 2. The summed E-state index contributed by atoms with van der Waals surface area (Å²) in [5.41, 5.74) is 1.63. The number of pyridine rings is 1. The average Bonchev–Trinajstić information content (AvgIpc) is 2.95. The van der Waals surface area contributed by atoms with Crippen molar-refractivity contribution in [2.24, 2.45) is 11.8 Å². The first kappa shape index (κ1) is 15.5. The second kappa shape index (κ2) is 6.36. The minimum absolute atomic E-state index is 0. The van der Waals surface area contributed by atoms with Crippen LogP contribution in [0.2, 0.25) is 0 Å². The first-order chi connectivity index (χ1) is 10.3. The number of halogens is 1. The molecule has 0 radical (unpaired) electrons. The Balaban J connectivity index is 0.00000144. The van der Waals surface area contributed by atoms with E-state index in [9.17, 15) is 4.79 Å². The molecule has 0 aromatic carbocycles. The molecule has 1 N–H and O–H groups in total. The predicted molar refractivity (Wildman–Crippen MR) is 88.5 cm³/mol. The molecule has 4 heterocycles. The van der Waals surface area contributed by atoms with Crippen molar-refractivity contribution in [2.45, 2.75) is 13.0 Å². The molecule has 2 aromatic rings. The van der Waals surface area contributed by atoms with Gasteiger partial charge in [-0.05, 0) is 50.0 Å². The number of nitrogens with zero attached hydrogens (tertiary/aromatic N) is 3. The zero-order valence-electron chi connectivity index (χ0n) is 12.4. The summed E-state index contributed by atoms with van der Waals surface area (Å²) < 4.78 is 1.59. The van der Waals surface area contributed by atoms with Crippen LogP contribution < -0.4 is 10.9 Å². The maximum atomic E-state index is 12.1. The highest BCUT2D eigenvalue weighted by atomic mass is 35.5. The molecule has 4 rings (SSSR count). The number of rotatable bonds is 2. The van der Waals surface area contributed by atoms with Crippen LogP contribution in [0, 0.1) is 11.8 Å². The minimum Gasteiger partial charge on any atom is -0.316 e. The number of hydrogen-bond donors (Lipinski definition) is 1. The van der Waals surface area contributed by atoms with Crippen LogP contribution in [0.3, 0.4) is 0 Å². The van der Waals surface area contributed by atoms with Gasteiger partial charge in [0.25, 0.3) is 5.56 Å². The van der Waals surface area contributed by atoms with Crippen LogP contribution in [0.5, 0.6) is 0 Å². The van der Waals surface area contributed by atoms with Crippen LogP contribution in [0.4, 0.5) is 0 Å². The lowest BCUT2D eigenvalue weighted by Crippen LogP contribution is -2.39. The molecule has 2 saturated heterocycles. The zero-order valence-corrected chi connectivity index (χ0v) is 13.3. The maximum absolute atomic E-state index is 12.1. The molecule has 2 aromatic heterocycles. The standard InChI is InChI=1S/C16H20N4O.ClH/c21-16-7-14(18-15-3-1-2-5-20(15)16)11-19-6-4-12-8-17-9-13(12)10-19;/h1-3,5,7,12-13,17H,4,6,8-11H2;1H. The quantitative estimate of drug-likeness (QED) is 0.902. The van der Waals surface area contributed by atoms with Gasteiger partial charge >= 0.3 is 0 Å². The number of piperidine rings is 1. The van der Waals surface area contributed by atoms with Crippen molar-refractivity contribution in [1.82, 2.24) is 19.6 Å². The van der Waals surface area contributed by atoms with Crippen molar-refractivity contribution < 1.29 is 0 Å². The summed E-state index contributed by atoms with van der Waals surface area (Å²) in [7, 11) is 0. The van der Waals surface area contributed by atoms with E-state index < -0.39 is 0 Å². The van der Waals surface area contributed by atoms with Crippen molar-refractivity contribution in [3.8, 4) is 0 Å². The van der Waals surface area contributed by atoms with E-state index in [1.54, 1.807) is 16.7 Å². The van der Waals surface area contributed by atoms with Crippen LogP contribution in [0.15, 0.2) is 35.3 Å². The molecule has 6 heteroatoms. The Morgan fingerprint density at radius 3 is 3.05 bits per heavy atom. The normalized spacial score (nSPS) is 24.9. The molecule has 5 nitrogen and oxygen atoms in total. The minimum atomic E-state index is 0. The Morgan fingerprint density at radius 1 is 1.27 bits per heavy atom. The van der Waals surface area contributed by atoms with Crippen LogP contribution in [-0.2, 0) is 6.54 Å².